The molecule has 0 aliphatic heterocycles. The second kappa shape index (κ2) is 7.38. The number of hydrogen-bond acceptors (Lipinski definition) is 3. The number of rotatable bonds is 6. The van der Waals surface area contributed by atoms with Gasteiger partial charge in [-0.15, -0.1) is 0 Å². The van der Waals surface area contributed by atoms with Gasteiger partial charge in [0.05, 0.1) is 22.5 Å². The molecular formula is C14H16ClN3O2S. The van der Waals surface area contributed by atoms with E-state index in [4.69, 9.17) is 11.6 Å². The zero-order valence-corrected chi connectivity index (χ0v) is 13.2. The average molecular weight is 326 g/mol. The van der Waals surface area contributed by atoms with Crippen LogP contribution in [0.3, 0.4) is 0 Å². The summed E-state index contributed by atoms with van der Waals surface area (Å²) in [5, 5.41) is 7.43. The van der Waals surface area contributed by atoms with Crippen LogP contribution in [0.25, 0.3) is 5.69 Å². The van der Waals surface area contributed by atoms with Gasteiger partial charge in [-0.25, -0.2) is 4.68 Å². The van der Waals surface area contributed by atoms with Crippen LogP contribution in [0.2, 0.25) is 5.02 Å². The lowest BCUT2D eigenvalue weighted by molar-refractivity contribution is 0.0956. The van der Waals surface area contributed by atoms with Crippen LogP contribution in [0.4, 0.5) is 0 Å². The van der Waals surface area contributed by atoms with E-state index in [1.165, 1.54) is 6.20 Å². The molecule has 1 atom stereocenters. The number of carbonyl (C=O) groups excluding carboxylic acids is 1. The largest absolute Gasteiger partial charge is 0.351 e. The number of para-hydroxylation sites is 1. The Morgan fingerprint density at radius 2 is 2.19 bits per heavy atom. The normalized spacial score (nSPS) is 12.1. The zero-order valence-electron chi connectivity index (χ0n) is 11.6. The second-order valence-electron chi connectivity index (χ2n) is 4.31. The van der Waals surface area contributed by atoms with Gasteiger partial charge in [0.2, 0.25) is 0 Å². The Morgan fingerprint density at radius 1 is 1.43 bits per heavy atom. The summed E-state index contributed by atoms with van der Waals surface area (Å²) in [6.07, 6.45) is 3.10. The molecule has 5 nitrogen and oxygen atoms in total. The molecule has 112 valence electrons. The van der Waals surface area contributed by atoms with E-state index >= 15 is 0 Å². The van der Waals surface area contributed by atoms with E-state index in [-0.39, 0.29) is 5.91 Å². The lowest BCUT2D eigenvalue weighted by Crippen LogP contribution is -2.27. The SMILES string of the molecule is CC[S@@](=O)CCNC(=O)c1cnn(-c2ccccc2Cl)c1. The molecule has 1 heterocycles. The van der Waals surface area contributed by atoms with Crippen molar-refractivity contribution in [2.24, 2.45) is 0 Å². The van der Waals surface area contributed by atoms with Crippen LogP contribution < -0.4 is 5.32 Å². The Kier molecular flexibility index (Phi) is 5.52. The summed E-state index contributed by atoms with van der Waals surface area (Å²) in [6.45, 7) is 2.24. The highest BCUT2D eigenvalue weighted by molar-refractivity contribution is 7.84. The summed E-state index contributed by atoms with van der Waals surface area (Å²) in [6, 6.07) is 7.26. The van der Waals surface area contributed by atoms with Crippen molar-refractivity contribution >= 4 is 28.3 Å². The van der Waals surface area contributed by atoms with Gasteiger partial charge in [0, 0.05) is 35.0 Å². The second-order valence-corrected chi connectivity index (χ2v) is 6.59. The smallest absolute Gasteiger partial charge is 0.254 e. The third-order valence-electron chi connectivity index (χ3n) is 2.88. The van der Waals surface area contributed by atoms with Crippen LogP contribution in [0.15, 0.2) is 36.7 Å². The molecule has 1 N–H and O–H groups in total. The molecule has 0 spiro atoms. The quantitative estimate of drug-likeness (QED) is 0.883. The molecule has 1 aromatic heterocycles. The van der Waals surface area contributed by atoms with Crippen molar-refractivity contribution < 1.29 is 9.00 Å². The van der Waals surface area contributed by atoms with E-state index in [1.807, 2.05) is 25.1 Å². The van der Waals surface area contributed by atoms with Gasteiger partial charge in [-0.1, -0.05) is 30.7 Å². The molecule has 0 saturated carbocycles. The highest BCUT2D eigenvalue weighted by atomic mass is 35.5. The first-order chi connectivity index (χ1) is 10.1. The first kappa shape index (κ1) is 15.7. The fourth-order valence-corrected chi connectivity index (χ4v) is 2.57. The number of benzene rings is 1. The van der Waals surface area contributed by atoms with E-state index in [9.17, 15) is 9.00 Å². The summed E-state index contributed by atoms with van der Waals surface area (Å²) in [5.74, 6) is 0.822. The first-order valence-electron chi connectivity index (χ1n) is 6.54. The predicted octanol–water partition coefficient (Wildman–Crippen LogP) is 2.02. The average Bonchev–Trinajstić information content (AvgIpc) is 2.97. The number of halogens is 1. The van der Waals surface area contributed by atoms with Crippen molar-refractivity contribution in [2.45, 2.75) is 6.92 Å². The molecule has 0 fully saturated rings. The molecule has 0 bridgehead atoms. The monoisotopic (exact) mass is 325 g/mol. The summed E-state index contributed by atoms with van der Waals surface area (Å²) in [7, 11) is -0.880. The third-order valence-corrected chi connectivity index (χ3v) is 4.50. The van der Waals surface area contributed by atoms with Crippen LogP contribution >= 0.6 is 11.6 Å². The van der Waals surface area contributed by atoms with E-state index in [2.05, 4.69) is 10.4 Å². The molecule has 7 heteroatoms. The van der Waals surface area contributed by atoms with Gasteiger partial charge in [0.1, 0.15) is 0 Å². The Morgan fingerprint density at radius 3 is 2.90 bits per heavy atom. The van der Waals surface area contributed by atoms with Crippen molar-refractivity contribution in [1.29, 1.82) is 0 Å². The summed E-state index contributed by atoms with van der Waals surface area (Å²) < 4.78 is 12.8. The number of carbonyl (C=O) groups is 1. The van der Waals surface area contributed by atoms with E-state index < -0.39 is 10.8 Å². The number of aromatic nitrogens is 2. The zero-order chi connectivity index (χ0) is 15.2. The van der Waals surface area contributed by atoms with Crippen LogP contribution in [0.5, 0.6) is 0 Å². The molecule has 1 aromatic carbocycles. The molecular weight excluding hydrogens is 310 g/mol. The minimum atomic E-state index is -0.880. The van der Waals surface area contributed by atoms with Crippen molar-refractivity contribution in [3.8, 4) is 5.69 Å². The Balaban J connectivity index is 2.01. The number of hydrogen-bond donors (Lipinski definition) is 1. The van der Waals surface area contributed by atoms with Gasteiger partial charge < -0.3 is 5.32 Å². The molecule has 0 saturated heterocycles. The summed E-state index contributed by atoms with van der Waals surface area (Å²) in [4.78, 5) is 11.9. The minimum Gasteiger partial charge on any atom is -0.351 e. The van der Waals surface area contributed by atoms with Crippen molar-refractivity contribution in [2.75, 3.05) is 18.1 Å². The van der Waals surface area contributed by atoms with Gasteiger partial charge in [-0.05, 0) is 12.1 Å². The van der Waals surface area contributed by atoms with Gasteiger partial charge in [-0.2, -0.15) is 5.10 Å². The minimum absolute atomic E-state index is 0.235. The standard InChI is InChI=1S/C14H16ClN3O2S/c1-2-21(20)8-7-16-14(19)11-9-17-18(10-11)13-6-4-3-5-12(13)15/h3-6,9-10H,2,7-8H2,1H3,(H,16,19)/t21-/m1/s1. The number of nitrogens with one attached hydrogen (secondary N) is 1. The van der Waals surface area contributed by atoms with Gasteiger partial charge >= 0.3 is 0 Å². The van der Waals surface area contributed by atoms with Gasteiger partial charge in [-0.3, -0.25) is 9.00 Å². The fourth-order valence-electron chi connectivity index (χ4n) is 1.73. The van der Waals surface area contributed by atoms with Crippen LogP contribution in [-0.2, 0) is 10.8 Å². The number of nitrogens with zero attached hydrogens (tertiary/aromatic N) is 2. The van der Waals surface area contributed by atoms with Crippen molar-refractivity contribution in [1.82, 2.24) is 15.1 Å². The van der Waals surface area contributed by atoms with Crippen LogP contribution in [0.1, 0.15) is 17.3 Å². The van der Waals surface area contributed by atoms with Gasteiger partial charge in [0.25, 0.3) is 5.91 Å². The van der Waals surface area contributed by atoms with E-state index in [1.54, 1.807) is 16.9 Å². The third kappa shape index (κ3) is 4.15. The topological polar surface area (TPSA) is 64.0 Å². The van der Waals surface area contributed by atoms with Crippen molar-refractivity contribution in [3.63, 3.8) is 0 Å². The Hall–Kier alpha value is -1.66. The molecule has 0 aliphatic rings. The lowest BCUT2D eigenvalue weighted by atomic mass is 10.3. The van der Waals surface area contributed by atoms with E-state index in [0.717, 1.165) is 0 Å². The maximum Gasteiger partial charge on any atom is 0.254 e. The first-order valence-corrected chi connectivity index (χ1v) is 8.41. The lowest BCUT2D eigenvalue weighted by Gasteiger charge is -2.03. The molecule has 0 aliphatic carbocycles. The van der Waals surface area contributed by atoms with E-state index in [0.29, 0.717) is 34.3 Å². The number of amides is 1. The molecule has 0 unspecified atom stereocenters. The van der Waals surface area contributed by atoms with Gasteiger partial charge in [0.15, 0.2) is 0 Å². The molecule has 21 heavy (non-hydrogen) atoms. The maximum atomic E-state index is 11.9. The fraction of sp³-hybridized carbons (Fsp3) is 0.286. The molecule has 2 aromatic rings. The molecule has 0 radical (unpaired) electrons. The predicted molar refractivity (Wildman–Crippen MR) is 84.5 cm³/mol. The highest BCUT2D eigenvalue weighted by Crippen LogP contribution is 2.19. The van der Waals surface area contributed by atoms with Crippen LogP contribution in [-0.4, -0.2) is 37.9 Å². The van der Waals surface area contributed by atoms with Crippen LogP contribution in [0, 0.1) is 0 Å². The molecule has 1 amide bonds. The summed E-state index contributed by atoms with van der Waals surface area (Å²) in [5.41, 5.74) is 1.16. The Labute approximate surface area is 130 Å². The highest BCUT2D eigenvalue weighted by Gasteiger charge is 2.10. The van der Waals surface area contributed by atoms with Crippen molar-refractivity contribution in [3.05, 3.63) is 47.2 Å². The Bertz CT molecular complexity index is 657. The molecule has 2 rings (SSSR count). The summed E-state index contributed by atoms with van der Waals surface area (Å²) >= 11 is 6.09. The maximum absolute atomic E-state index is 11.9.